The van der Waals surface area contributed by atoms with Gasteiger partial charge in [0.2, 0.25) is 10.0 Å². The molecule has 8 heteroatoms. The summed E-state index contributed by atoms with van der Waals surface area (Å²) in [5.41, 5.74) is 0. The first-order chi connectivity index (χ1) is 8.24. The molecule has 0 aromatic heterocycles. The van der Waals surface area contributed by atoms with E-state index in [1.54, 1.807) is 6.92 Å². The Hall–Kier alpha value is -0.180. The van der Waals surface area contributed by atoms with Gasteiger partial charge in [0, 0.05) is 19.1 Å². The lowest BCUT2D eigenvalue weighted by molar-refractivity contribution is 0.413. The van der Waals surface area contributed by atoms with Gasteiger partial charge in [-0.25, -0.2) is 21.1 Å². The van der Waals surface area contributed by atoms with Crippen LogP contribution >= 0.6 is 0 Å². The predicted molar refractivity (Wildman–Crippen MR) is 71.8 cm³/mol. The van der Waals surface area contributed by atoms with Crippen molar-refractivity contribution in [1.82, 2.24) is 9.62 Å². The lowest BCUT2D eigenvalue weighted by atomic mass is 10.2. The fourth-order valence-electron chi connectivity index (χ4n) is 2.08. The van der Waals surface area contributed by atoms with E-state index in [1.807, 2.05) is 0 Å². The van der Waals surface area contributed by atoms with Crippen LogP contribution < -0.4 is 5.32 Å². The first kappa shape index (κ1) is 15.9. The molecule has 1 saturated heterocycles. The molecule has 0 amide bonds. The van der Waals surface area contributed by atoms with Crippen molar-refractivity contribution in [2.45, 2.75) is 25.8 Å². The number of nitrogens with zero attached hydrogens (tertiary/aromatic N) is 1. The Labute approximate surface area is 110 Å². The molecule has 1 unspecified atom stereocenters. The molecule has 108 valence electrons. The normalized spacial score (nSPS) is 23.6. The number of nitrogens with one attached hydrogen (secondary N) is 1. The molecule has 1 aliphatic rings. The summed E-state index contributed by atoms with van der Waals surface area (Å²) in [6.07, 6.45) is 2.55. The van der Waals surface area contributed by atoms with Crippen LogP contribution in [0.3, 0.4) is 0 Å². The third kappa shape index (κ3) is 5.21. The summed E-state index contributed by atoms with van der Waals surface area (Å²) in [7, 11) is -5.97. The largest absolute Gasteiger partial charge is 0.313 e. The molecule has 6 nitrogen and oxygen atoms in total. The van der Waals surface area contributed by atoms with Gasteiger partial charge in [-0.2, -0.15) is 0 Å². The van der Waals surface area contributed by atoms with Crippen LogP contribution in [0.4, 0.5) is 0 Å². The summed E-state index contributed by atoms with van der Waals surface area (Å²) < 4.78 is 46.5. The van der Waals surface area contributed by atoms with Gasteiger partial charge >= 0.3 is 0 Å². The van der Waals surface area contributed by atoms with E-state index in [0.717, 1.165) is 0 Å². The number of rotatable bonds is 7. The highest BCUT2D eigenvalue weighted by molar-refractivity contribution is 7.91. The first-order valence-electron chi connectivity index (χ1n) is 6.13. The Balaban J connectivity index is 2.23. The maximum absolute atomic E-state index is 11.3. The minimum absolute atomic E-state index is 0.0308. The zero-order valence-corrected chi connectivity index (χ0v) is 12.6. The number of hydrogen-bond acceptors (Lipinski definition) is 5. The maximum atomic E-state index is 11.3. The van der Waals surface area contributed by atoms with Crippen molar-refractivity contribution in [1.29, 1.82) is 0 Å². The average molecular weight is 298 g/mol. The molecule has 0 saturated carbocycles. The van der Waals surface area contributed by atoms with E-state index in [-0.39, 0.29) is 17.5 Å². The average Bonchev–Trinajstić information content (AvgIpc) is 2.56. The van der Waals surface area contributed by atoms with Crippen molar-refractivity contribution in [3.8, 4) is 0 Å². The monoisotopic (exact) mass is 298 g/mol. The highest BCUT2D eigenvalue weighted by Gasteiger charge is 2.27. The molecule has 0 aromatic rings. The summed E-state index contributed by atoms with van der Waals surface area (Å²) in [6.45, 7) is 3.39. The Morgan fingerprint density at radius 2 is 2.06 bits per heavy atom. The molecule has 1 rings (SSSR count). The van der Waals surface area contributed by atoms with Crippen LogP contribution in [0.1, 0.15) is 19.8 Å². The fraction of sp³-hybridized carbons (Fsp3) is 1.00. The Morgan fingerprint density at radius 1 is 1.39 bits per heavy atom. The SMILES string of the molecule is CCN(CCCNC1CCS(=O)(=O)C1)S(C)(=O)=O. The molecule has 1 N–H and O–H groups in total. The van der Waals surface area contributed by atoms with E-state index in [1.165, 1.54) is 10.6 Å². The lowest BCUT2D eigenvalue weighted by Gasteiger charge is -2.18. The summed E-state index contributed by atoms with van der Waals surface area (Å²) >= 11 is 0. The van der Waals surface area contributed by atoms with Crippen molar-refractivity contribution < 1.29 is 16.8 Å². The van der Waals surface area contributed by atoms with E-state index < -0.39 is 19.9 Å². The molecule has 0 spiro atoms. The molecular formula is C10H22N2O4S2. The zero-order valence-electron chi connectivity index (χ0n) is 10.9. The Morgan fingerprint density at radius 3 is 2.50 bits per heavy atom. The van der Waals surface area contributed by atoms with Gasteiger partial charge in [-0.3, -0.25) is 0 Å². The van der Waals surface area contributed by atoms with Gasteiger partial charge in [0.15, 0.2) is 9.84 Å². The maximum Gasteiger partial charge on any atom is 0.211 e. The Kier molecular flexibility index (Phi) is 5.57. The number of hydrogen-bond donors (Lipinski definition) is 1. The summed E-state index contributed by atoms with van der Waals surface area (Å²) in [4.78, 5) is 0. The molecule has 0 radical (unpaired) electrons. The quantitative estimate of drug-likeness (QED) is 0.637. The number of sulfone groups is 1. The molecular weight excluding hydrogens is 276 g/mol. The van der Waals surface area contributed by atoms with Gasteiger partial charge in [-0.15, -0.1) is 0 Å². The van der Waals surface area contributed by atoms with Gasteiger partial charge in [-0.05, 0) is 19.4 Å². The van der Waals surface area contributed by atoms with E-state index >= 15 is 0 Å². The van der Waals surface area contributed by atoms with Crippen LogP contribution in [0.25, 0.3) is 0 Å². The second kappa shape index (κ2) is 6.31. The smallest absolute Gasteiger partial charge is 0.211 e. The molecule has 0 bridgehead atoms. The van der Waals surface area contributed by atoms with Gasteiger partial charge in [-0.1, -0.05) is 6.92 Å². The predicted octanol–water partition coefficient (Wildman–Crippen LogP) is -0.565. The minimum atomic E-state index is -3.12. The third-order valence-corrected chi connectivity index (χ3v) is 6.22. The standard InChI is InChI=1S/C10H22N2O4S2/c1-3-12(17(2,13)14)7-4-6-11-10-5-8-18(15,16)9-10/h10-11H,3-9H2,1-2H3. The van der Waals surface area contributed by atoms with Gasteiger partial charge in [0.1, 0.15) is 0 Å². The van der Waals surface area contributed by atoms with E-state index in [4.69, 9.17) is 0 Å². The summed E-state index contributed by atoms with van der Waals surface area (Å²) in [6, 6.07) is 0.0308. The van der Waals surface area contributed by atoms with Crippen molar-refractivity contribution >= 4 is 19.9 Å². The molecule has 18 heavy (non-hydrogen) atoms. The van der Waals surface area contributed by atoms with Crippen molar-refractivity contribution in [3.05, 3.63) is 0 Å². The van der Waals surface area contributed by atoms with Crippen LogP contribution in [-0.2, 0) is 19.9 Å². The first-order valence-corrected chi connectivity index (χ1v) is 9.80. The van der Waals surface area contributed by atoms with Crippen molar-refractivity contribution in [2.75, 3.05) is 37.4 Å². The van der Waals surface area contributed by atoms with Crippen molar-refractivity contribution in [3.63, 3.8) is 0 Å². The van der Waals surface area contributed by atoms with Crippen molar-refractivity contribution in [2.24, 2.45) is 0 Å². The van der Waals surface area contributed by atoms with Crippen LogP contribution in [0.5, 0.6) is 0 Å². The molecule has 1 atom stereocenters. The van der Waals surface area contributed by atoms with Gasteiger partial charge in [0.25, 0.3) is 0 Å². The van der Waals surface area contributed by atoms with E-state index in [0.29, 0.717) is 32.5 Å². The van der Waals surface area contributed by atoms with E-state index in [9.17, 15) is 16.8 Å². The second-order valence-electron chi connectivity index (χ2n) is 4.66. The van der Waals surface area contributed by atoms with Gasteiger partial charge in [0.05, 0.1) is 17.8 Å². The van der Waals surface area contributed by atoms with Crippen LogP contribution in [0, 0.1) is 0 Å². The molecule has 1 aliphatic heterocycles. The highest BCUT2D eigenvalue weighted by atomic mass is 32.2. The molecule has 0 aliphatic carbocycles. The van der Waals surface area contributed by atoms with Crippen LogP contribution in [0.2, 0.25) is 0 Å². The molecule has 1 heterocycles. The second-order valence-corrected chi connectivity index (χ2v) is 8.87. The fourth-order valence-corrected chi connectivity index (χ4v) is 4.71. The van der Waals surface area contributed by atoms with Crippen LogP contribution in [0.15, 0.2) is 0 Å². The summed E-state index contributed by atoms with van der Waals surface area (Å²) in [5, 5.41) is 3.17. The van der Waals surface area contributed by atoms with E-state index in [2.05, 4.69) is 5.32 Å². The lowest BCUT2D eigenvalue weighted by Crippen LogP contribution is -2.35. The minimum Gasteiger partial charge on any atom is -0.313 e. The molecule has 0 aromatic carbocycles. The van der Waals surface area contributed by atoms with Gasteiger partial charge < -0.3 is 5.32 Å². The van der Waals surface area contributed by atoms with Crippen LogP contribution in [-0.4, -0.2) is 64.6 Å². The zero-order chi connectivity index (χ0) is 13.8. The number of sulfonamides is 1. The third-order valence-electron chi connectivity index (χ3n) is 3.07. The summed E-state index contributed by atoms with van der Waals surface area (Å²) in [5.74, 6) is 0.464. The topological polar surface area (TPSA) is 83.6 Å². The molecule has 1 fully saturated rings. The highest BCUT2D eigenvalue weighted by Crippen LogP contribution is 2.11. The Bertz CT molecular complexity index is 458.